The third kappa shape index (κ3) is 3.75. The number of carbonyl (C=O) groups is 1. The third-order valence-corrected chi connectivity index (χ3v) is 2.07. The molecule has 0 atom stereocenters. The first-order valence-electron chi connectivity index (χ1n) is 4.50. The zero-order valence-corrected chi connectivity index (χ0v) is 9.47. The second-order valence-corrected chi connectivity index (χ2v) is 4.38. The number of nitriles is 1. The maximum Gasteiger partial charge on any atom is 0.240 e. The average Bonchev–Trinajstić information content (AvgIpc) is 2.14. The van der Waals surface area contributed by atoms with Gasteiger partial charge in [-0.2, -0.15) is 5.26 Å². The molecular formula is C10H18N2O2. The van der Waals surface area contributed by atoms with Crippen molar-refractivity contribution in [3.8, 4) is 6.07 Å². The molecule has 0 aromatic carbocycles. The number of rotatable bonds is 4. The van der Waals surface area contributed by atoms with Gasteiger partial charge in [0.1, 0.15) is 5.41 Å². The van der Waals surface area contributed by atoms with Crippen LogP contribution >= 0.6 is 0 Å². The molecule has 0 heterocycles. The fraction of sp³-hybridized carbons (Fsp3) is 0.800. The second-order valence-electron chi connectivity index (χ2n) is 4.38. The molecule has 0 aliphatic rings. The van der Waals surface area contributed by atoms with Gasteiger partial charge in [-0.1, -0.05) is 0 Å². The van der Waals surface area contributed by atoms with Crippen LogP contribution in [0, 0.1) is 16.7 Å². The molecule has 0 aliphatic heterocycles. The van der Waals surface area contributed by atoms with Crippen molar-refractivity contribution in [1.29, 1.82) is 5.26 Å². The Morgan fingerprint density at radius 3 is 2.29 bits per heavy atom. The van der Waals surface area contributed by atoms with Gasteiger partial charge in [0.15, 0.2) is 0 Å². The highest BCUT2D eigenvalue weighted by Crippen LogP contribution is 2.13. The van der Waals surface area contributed by atoms with Crippen LogP contribution in [0.25, 0.3) is 0 Å². The van der Waals surface area contributed by atoms with E-state index in [9.17, 15) is 4.79 Å². The van der Waals surface area contributed by atoms with Crippen LogP contribution in [-0.4, -0.2) is 25.2 Å². The van der Waals surface area contributed by atoms with E-state index in [0.29, 0.717) is 6.54 Å². The zero-order chi connectivity index (χ0) is 11.4. The Hall–Kier alpha value is -1.08. The lowest BCUT2D eigenvalue weighted by Gasteiger charge is -2.25. The zero-order valence-electron chi connectivity index (χ0n) is 9.47. The molecule has 0 rings (SSSR count). The number of hydrogen-bond acceptors (Lipinski definition) is 3. The van der Waals surface area contributed by atoms with Crippen LogP contribution in [0.5, 0.6) is 0 Å². The Labute approximate surface area is 85.2 Å². The Bertz CT molecular complexity index is 251. The van der Waals surface area contributed by atoms with Gasteiger partial charge in [-0.3, -0.25) is 4.79 Å². The molecule has 0 fully saturated rings. The minimum absolute atomic E-state index is 0.273. The van der Waals surface area contributed by atoms with Crippen molar-refractivity contribution in [2.75, 3.05) is 13.7 Å². The van der Waals surface area contributed by atoms with Crippen molar-refractivity contribution >= 4 is 5.91 Å². The standard InChI is InChI=1S/C10H18N2O2/c1-9(2,6-11)8(13)12-7-10(3,4)14-5/h7H2,1-5H3,(H,12,13). The summed E-state index contributed by atoms with van der Waals surface area (Å²) in [5, 5.41) is 11.4. The van der Waals surface area contributed by atoms with Crippen LogP contribution in [0.2, 0.25) is 0 Å². The van der Waals surface area contributed by atoms with Crippen LogP contribution < -0.4 is 5.32 Å². The molecule has 0 aromatic rings. The van der Waals surface area contributed by atoms with E-state index in [2.05, 4.69) is 5.32 Å². The van der Waals surface area contributed by atoms with Crippen molar-refractivity contribution in [3.63, 3.8) is 0 Å². The molecule has 0 saturated carbocycles. The number of amides is 1. The van der Waals surface area contributed by atoms with Gasteiger partial charge in [0, 0.05) is 13.7 Å². The summed E-state index contributed by atoms with van der Waals surface area (Å²) in [6.07, 6.45) is 0. The predicted molar refractivity (Wildman–Crippen MR) is 53.5 cm³/mol. The van der Waals surface area contributed by atoms with Crippen molar-refractivity contribution < 1.29 is 9.53 Å². The Kier molecular flexibility index (Phi) is 4.08. The van der Waals surface area contributed by atoms with Crippen molar-refractivity contribution in [3.05, 3.63) is 0 Å². The van der Waals surface area contributed by atoms with Crippen molar-refractivity contribution in [1.82, 2.24) is 5.32 Å². The Morgan fingerprint density at radius 2 is 1.93 bits per heavy atom. The van der Waals surface area contributed by atoms with E-state index in [1.165, 1.54) is 0 Å². The molecule has 0 aromatic heterocycles. The lowest BCUT2D eigenvalue weighted by Crippen LogP contribution is -2.44. The highest BCUT2D eigenvalue weighted by atomic mass is 16.5. The van der Waals surface area contributed by atoms with E-state index in [1.807, 2.05) is 19.9 Å². The lowest BCUT2D eigenvalue weighted by molar-refractivity contribution is -0.128. The summed E-state index contributed by atoms with van der Waals surface area (Å²) in [7, 11) is 1.58. The van der Waals surface area contributed by atoms with Crippen LogP contribution in [0.1, 0.15) is 27.7 Å². The third-order valence-electron chi connectivity index (χ3n) is 2.07. The number of nitrogens with zero attached hydrogens (tertiary/aromatic N) is 1. The van der Waals surface area contributed by atoms with Gasteiger partial charge in [0.2, 0.25) is 5.91 Å². The molecule has 0 unspecified atom stereocenters. The van der Waals surface area contributed by atoms with E-state index in [0.717, 1.165) is 0 Å². The van der Waals surface area contributed by atoms with Gasteiger partial charge in [-0.05, 0) is 27.7 Å². The second kappa shape index (κ2) is 4.43. The maximum atomic E-state index is 11.5. The molecule has 1 amide bonds. The summed E-state index contributed by atoms with van der Waals surface area (Å²) >= 11 is 0. The van der Waals surface area contributed by atoms with Crippen molar-refractivity contribution in [2.45, 2.75) is 33.3 Å². The molecular weight excluding hydrogens is 180 g/mol. The minimum atomic E-state index is -0.982. The SMILES string of the molecule is COC(C)(C)CNC(=O)C(C)(C)C#N. The first kappa shape index (κ1) is 12.9. The monoisotopic (exact) mass is 198 g/mol. The van der Waals surface area contributed by atoms with Crippen LogP contribution in [0.4, 0.5) is 0 Å². The molecule has 0 bridgehead atoms. The molecule has 0 saturated heterocycles. The van der Waals surface area contributed by atoms with E-state index in [1.54, 1.807) is 21.0 Å². The molecule has 0 radical (unpaired) electrons. The molecule has 14 heavy (non-hydrogen) atoms. The van der Waals surface area contributed by atoms with Crippen LogP contribution in [-0.2, 0) is 9.53 Å². The quantitative estimate of drug-likeness (QED) is 0.735. The normalized spacial score (nSPS) is 12.0. The van der Waals surface area contributed by atoms with E-state index >= 15 is 0 Å². The predicted octanol–water partition coefficient (Wildman–Crippen LogP) is 1.08. The van der Waals surface area contributed by atoms with Gasteiger partial charge in [-0.25, -0.2) is 0 Å². The van der Waals surface area contributed by atoms with E-state index in [-0.39, 0.29) is 5.91 Å². The Balaban J connectivity index is 4.19. The fourth-order valence-electron chi connectivity index (χ4n) is 0.637. The van der Waals surface area contributed by atoms with E-state index in [4.69, 9.17) is 10.00 Å². The summed E-state index contributed by atoms with van der Waals surface area (Å²) in [5.74, 6) is -0.273. The number of hydrogen-bond donors (Lipinski definition) is 1. The highest BCUT2D eigenvalue weighted by molar-refractivity contribution is 5.84. The summed E-state index contributed by atoms with van der Waals surface area (Å²) in [6, 6.07) is 1.94. The summed E-state index contributed by atoms with van der Waals surface area (Å²) < 4.78 is 5.14. The summed E-state index contributed by atoms with van der Waals surface area (Å²) in [6.45, 7) is 7.30. The fourth-order valence-corrected chi connectivity index (χ4v) is 0.637. The average molecular weight is 198 g/mol. The molecule has 4 heteroatoms. The number of nitrogens with one attached hydrogen (secondary N) is 1. The maximum absolute atomic E-state index is 11.5. The number of methoxy groups -OCH3 is 1. The van der Waals surface area contributed by atoms with Gasteiger partial charge >= 0.3 is 0 Å². The highest BCUT2D eigenvalue weighted by Gasteiger charge is 2.28. The number of carbonyl (C=O) groups excluding carboxylic acids is 1. The molecule has 0 spiro atoms. The van der Waals surface area contributed by atoms with Crippen LogP contribution in [0.3, 0.4) is 0 Å². The van der Waals surface area contributed by atoms with E-state index < -0.39 is 11.0 Å². The molecule has 80 valence electrons. The minimum Gasteiger partial charge on any atom is -0.377 e. The van der Waals surface area contributed by atoms with Gasteiger partial charge in [-0.15, -0.1) is 0 Å². The van der Waals surface area contributed by atoms with Crippen LogP contribution in [0.15, 0.2) is 0 Å². The van der Waals surface area contributed by atoms with Gasteiger partial charge in [0.25, 0.3) is 0 Å². The smallest absolute Gasteiger partial charge is 0.240 e. The van der Waals surface area contributed by atoms with Gasteiger partial charge < -0.3 is 10.1 Å². The largest absolute Gasteiger partial charge is 0.377 e. The Morgan fingerprint density at radius 1 is 1.43 bits per heavy atom. The van der Waals surface area contributed by atoms with Crippen molar-refractivity contribution in [2.24, 2.45) is 5.41 Å². The summed E-state index contributed by atoms with van der Waals surface area (Å²) in [5.41, 5.74) is -1.38. The molecule has 0 aliphatic carbocycles. The first-order chi connectivity index (χ1) is 6.25. The topological polar surface area (TPSA) is 62.1 Å². The van der Waals surface area contributed by atoms with Gasteiger partial charge in [0.05, 0.1) is 11.7 Å². The summed E-state index contributed by atoms with van der Waals surface area (Å²) in [4.78, 5) is 11.5. The lowest BCUT2D eigenvalue weighted by atomic mass is 9.94. The first-order valence-corrected chi connectivity index (χ1v) is 4.50. The number of ether oxygens (including phenoxy) is 1. The molecule has 4 nitrogen and oxygen atoms in total. The molecule has 1 N–H and O–H groups in total.